The molecule has 0 aliphatic carbocycles. The number of alkyl halides is 3. The Balaban J connectivity index is 2.61. The maximum atomic E-state index is 12.0. The number of carbonyl (C=O) groups is 1. The molecule has 4 nitrogen and oxygen atoms in total. The average molecular weight is 304 g/mol. The molecule has 0 saturated heterocycles. The normalized spacial score (nSPS) is 13.2. The first-order valence-corrected chi connectivity index (χ1v) is 6.53. The van der Waals surface area contributed by atoms with E-state index in [4.69, 9.17) is 5.11 Å². The molecule has 0 radical (unpaired) electrons. The van der Waals surface area contributed by atoms with Gasteiger partial charge in [0.1, 0.15) is 6.54 Å². The van der Waals surface area contributed by atoms with Crippen LogP contribution >= 0.6 is 0 Å². The van der Waals surface area contributed by atoms with Crippen LogP contribution in [0.4, 0.5) is 13.2 Å². The van der Waals surface area contributed by atoms with Gasteiger partial charge in [0.2, 0.25) is 5.91 Å². The number of carbonyl (C=O) groups excluding carboxylic acids is 1. The minimum atomic E-state index is -4.42. The van der Waals surface area contributed by atoms with Crippen molar-refractivity contribution < 1.29 is 23.1 Å². The summed E-state index contributed by atoms with van der Waals surface area (Å²) in [5.41, 5.74) is 0.901. The monoisotopic (exact) mass is 304 g/mol. The summed E-state index contributed by atoms with van der Waals surface area (Å²) in [6.07, 6.45) is -4.02. The number of nitrogens with zero attached hydrogens (tertiary/aromatic N) is 1. The summed E-state index contributed by atoms with van der Waals surface area (Å²) in [4.78, 5) is 13.1. The topological polar surface area (TPSA) is 52.6 Å². The van der Waals surface area contributed by atoms with Crippen molar-refractivity contribution in [2.75, 3.05) is 26.7 Å². The largest absolute Gasteiger partial charge is 0.405 e. The number of nitrogens with one attached hydrogen (secondary N) is 1. The van der Waals surface area contributed by atoms with E-state index in [1.54, 1.807) is 11.9 Å². The molecule has 7 heteroatoms. The Labute approximate surface area is 121 Å². The Hall–Kier alpha value is -1.60. The highest BCUT2D eigenvalue weighted by atomic mass is 19.4. The number of halogens is 3. The number of aliphatic hydroxyl groups is 1. The molecule has 0 aromatic heterocycles. The lowest BCUT2D eigenvalue weighted by molar-refractivity contribution is -0.139. The Bertz CT molecular complexity index is 438. The van der Waals surface area contributed by atoms with E-state index in [9.17, 15) is 18.0 Å². The van der Waals surface area contributed by atoms with Crippen LogP contribution < -0.4 is 5.32 Å². The third kappa shape index (κ3) is 6.59. The maximum absolute atomic E-state index is 12.0. The molecule has 0 aliphatic heterocycles. The summed E-state index contributed by atoms with van der Waals surface area (Å²) in [7, 11) is 1.64. The van der Waals surface area contributed by atoms with E-state index in [1.165, 1.54) is 0 Å². The Morgan fingerprint density at radius 2 is 1.95 bits per heavy atom. The third-order valence-corrected chi connectivity index (χ3v) is 3.00. The maximum Gasteiger partial charge on any atom is 0.405 e. The number of amides is 1. The predicted molar refractivity (Wildman–Crippen MR) is 72.6 cm³/mol. The van der Waals surface area contributed by atoms with Gasteiger partial charge in [0, 0.05) is 12.6 Å². The summed E-state index contributed by atoms with van der Waals surface area (Å²) in [6, 6.07) is 8.98. The first-order chi connectivity index (χ1) is 9.83. The Kier molecular flexibility index (Phi) is 6.64. The molecular weight excluding hydrogens is 285 g/mol. The van der Waals surface area contributed by atoms with E-state index in [1.807, 2.05) is 35.6 Å². The molecule has 1 rings (SSSR count). The van der Waals surface area contributed by atoms with E-state index in [-0.39, 0.29) is 19.2 Å². The van der Waals surface area contributed by atoms with Crippen LogP contribution in [0.2, 0.25) is 0 Å². The summed E-state index contributed by atoms with van der Waals surface area (Å²) in [6.45, 7) is -1.58. The van der Waals surface area contributed by atoms with Gasteiger partial charge < -0.3 is 10.4 Å². The van der Waals surface area contributed by atoms with Crippen molar-refractivity contribution in [2.45, 2.75) is 18.6 Å². The van der Waals surface area contributed by atoms with Gasteiger partial charge in [-0.1, -0.05) is 30.3 Å². The van der Waals surface area contributed by atoms with Crippen molar-refractivity contribution in [3.05, 3.63) is 35.9 Å². The van der Waals surface area contributed by atoms with Crippen molar-refractivity contribution in [1.29, 1.82) is 0 Å². The molecular formula is C14H19F3N2O2. The first kappa shape index (κ1) is 17.5. The molecule has 0 bridgehead atoms. The van der Waals surface area contributed by atoms with Crippen LogP contribution in [0.1, 0.15) is 18.0 Å². The molecule has 0 spiro atoms. The molecule has 1 amide bonds. The third-order valence-electron chi connectivity index (χ3n) is 3.00. The lowest BCUT2D eigenvalue weighted by Crippen LogP contribution is -2.41. The van der Waals surface area contributed by atoms with Crippen molar-refractivity contribution in [3.8, 4) is 0 Å². The van der Waals surface area contributed by atoms with Gasteiger partial charge in [0.05, 0.1) is 6.54 Å². The van der Waals surface area contributed by atoms with Gasteiger partial charge in [-0.05, 0) is 19.0 Å². The molecule has 0 fully saturated rings. The zero-order valence-corrected chi connectivity index (χ0v) is 11.7. The van der Waals surface area contributed by atoms with Crippen LogP contribution in [-0.4, -0.2) is 48.8 Å². The number of rotatable bonds is 7. The molecule has 1 unspecified atom stereocenters. The number of hydrogen-bond acceptors (Lipinski definition) is 3. The second-order valence-electron chi connectivity index (χ2n) is 4.75. The van der Waals surface area contributed by atoms with E-state index < -0.39 is 18.6 Å². The second-order valence-corrected chi connectivity index (χ2v) is 4.75. The number of likely N-dealkylation sites (N-methyl/N-ethyl adjacent to an activating group) is 1. The van der Waals surface area contributed by atoms with Crippen molar-refractivity contribution in [3.63, 3.8) is 0 Å². The Morgan fingerprint density at radius 1 is 1.33 bits per heavy atom. The van der Waals surface area contributed by atoms with Gasteiger partial charge in [-0.15, -0.1) is 0 Å². The number of benzene rings is 1. The van der Waals surface area contributed by atoms with E-state index in [2.05, 4.69) is 0 Å². The molecule has 1 aromatic carbocycles. The molecule has 0 heterocycles. The van der Waals surface area contributed by atoms with E-state index >= 15 is 0 Å². The van der Waals surface area contributed by atoms with Crippen LogP contribution in [-0.2, 0) is 4.79 Å². The lowest BCUT2D eigenvalue weighted by atomic mass is 10.0. The average Bonchev–Trinajstić information content (AvgIpc) is 2.42. The zero-order chi connectivity index (χ0) is 15.9. The fourth-order valence-corrected chi connectivity index (χ4v) is 2.03. The van der Waals surface area contributed by atoms with Gasteiger partial charge in [0.25, 0.3) is 0 Å². The molecule has 1 aromatic rings. The summed E-state index contributed by atoms with van der Waals surface area (Å²) < 4.78 is 36.1. The first-order valence-electron chi connectivity index (χ1n) is 6.53. The highest BCUT2D eigenvalue weighted by molar-refractivity contribution is 5.78. The molecule has 0 aliphatic rings. The van der Waals surface area contributed by atoms with E-state index in [0.717, 1.165) is 5.56 Å². The van der Waals surface area contributed by atoms with Crippen molar-refractivity contribution >= 4 is 5.91 Å². The fraction of sp³-hybridized carbons (Fsp3) is 0.500. The number of aliphatic hydroxyl groups excluding tert-OH is 1. The molecule has 0 saturated carbocycles. The standard InChI is InChI=1S/C14H19F3N2O2/c1-19(9-13(21)18-10-14(15,16)17)12(7-8-20)11-5-3-2-4-6-11/h2-6,12,20H,7-10H2,1H3,(H,18,21). The molecule has 1 atom stereocenters. The van der Waals surface area contributed by atoms with Gasteiger partial charge in [0.15, 0.2) is 0 Å². The molecule has 118 valence electrons. The Morgan fingerprint density at radius 3 is 2.48 bits per heavy atom. The fourth-order valence-electron chi connectivity index (χ4n) is 2.03. The minimum absolute atomic E-state index is 0.0753. The lowest BCUT2D eigenvalue weighted by Gasteiger charge is -2.27. The minimum Gasteiger partial charge on any atom is -0.396 e. The van der Waals surface area contributed by atoms with Crippen LogP contribution in [0.3, 0.4) is 0 Å². The van der Waals surface area contributed by atoms with Gasteiger partial charge in [-0.3, -0.25) is 9.69 Å². The van der Waals surface area contributed by atoms with Gasteiger partial charge in [-0.2, -0.15) is 13.2 Å². The predicted octanol–water partition coefficient (Wildman–Crippen LogP) is 1.72. The highest BCUT2D eigenvalue weighted by Gasteiger charge is 2.28. The van der Waals surface area contributed by atoms with Crippen molar-refractivity contribution in [2.24, 2.45) is 0 Å². The number of hydrogen-bond donors (Lipinski definition) is 2. The SMILES string of the molecule is CN(CC(=O)NCC(F)(F)F)C(CCO)c1ccccc1. The highest BCUT2D eigenvalue weighted by Crippen LogP contribution is 2.22. The van der Waals surface area contributed by atoms with Gasteiger partial charge in [-0.25, -0.2) is 0 Å². The van der Waals surface area contributed by atoms with Crippen molar-refractivity contribution in [1.82, 2.24) is 10.2 Å². The smallest absolute Gasteiger partial charge is 0.396 e. The zero-order valence-electron chi connectivity index (χ0n) is 11.7. The van der Waals surface area contributed by atoms with Crippen LogP contribution in [0.5, 0.6) is 0 Å². The quantitative estimate of drug-likeness (QED) is 0.806. The van der Waals surface area contributed by atoms with E-state index in [0.29, 0.717) is 6.42 Å². The van der Waals surface area contributed by atoms with Gasteiger partial charge >= 0.3 is 6.18 Å². The molecule has 21 heavy (non-hydrogen) atoms. The van der Waals surface area contributed by atoms with Crippen LogP contribution in [0.15, 0.2) is 30.3 Å². The second kappa shape index (κ2) is 7.99. The molecule has 2 N–H and O–H groups in total. The van der Waals surface area contributed by atoms with Crippen LogP contribution in [0, 0.1) is 0 Å². The summed E-state index contributed by atoms with van der Waals surface area (Å²) in [5, 5.41) is 10.9. The van der Waals surface area contributed by atoms with Crippen LogP contribution in [0.25, 0.3) is 0 Å². The summed E-state index contributed by atoms with van der Waals surface area (Å²) >= 11 is 0. The summed E-state index contributed by atoms with van der Waals surface area (Å²) in [5.74, 6) is -0.700.